The second-order valence-electron chi connectivity index (χ2n) is 8.83. The molecule has 5 nitrogen and oxygen atoms in total. The van der Waals surface area contributed by atoms with E-state index in [9.17, 15) is 39.6 Å². The van der Waals surface area contributed by atoms with E-state index in [1.54, 1.807) is 0 Å². The number of piperazine rings is 1. The van der Waals surface area contributed by atoms with Crippen LogP contribution in [0.2, 0.25) is 0 Å². The Morgan fingerprint density at radius 1 is 0.857 bits per heavy atom. The number of sulfonamides is 1. The molecule has 2 aromatic rings. The Bertz CT molecular complexity index is 1220. The molecule has 35 heavy (non-hydrogen) atoms. The Labute approximate surface area is 198 Å². The number of hydrogen-bond acceptors (Lipinski definition) is 3. The SMILES string of the molecule is Cc1cc(C(F)(F)F)cc(S(=O)(=O)N2CCN(C(=O)C3CC3c3ccc(C(F)(F)F)cc3)CC2)c1. The Morgan fingerprint density at radius 3 is 1.97 bits per heavy atom. The van der Waals surface area contributed by atoms with Crippen LogP contribution in [-0.4, -0.2) is 49.7 Å². The minimum atomic E-state index is -4.69. The van der Waals surface area contributed by atoms with Gasteiger partial charge in [-0.1, -0.05) is 12.1 Å². The monoisotopic (exact) mass is 520 g/mol. The number of carbonyl (C=O) groups is 1. The van der Waals surface area contributed by atoms with E-state index in [-0.39, 0.29) is 49.5 Å². The smallest absolute Gasteiger partial charge is 0.340 e. The van der Waals surface area contributed by atoms with Gasteiger partial charge in [-0.3, -0.25) is 4.79 Å². The molecule has 1 amide bonds. The minimum absolute atomic E-state index is 0.0684. The number of aryl methyl sites for hydroxylation is 1. The maximum absolute atomic E-state index is 13.1. The van der Waals surface area contributed by atoms with Gasteiger partial charge in [-0.15, -0.1) is 0 Å². The van der Waals surface area contributed by atoms with Crippen molar-refractivity contribution in [2.75, 3.05) is 26.2 Å². The van der Waals surface area contributed by atoms with E-state index in [0.717, 1.165) is 22.5 Å². The summed E-state index contributed by atoms with van der Waals surface area (Å²) in [6.45, 7) is 1.40. The highest BCUT2D eigenvalue weighted by Gasteiger charge is 2.47. The fourth-order valence-electron chi connectivity index (χ4n) is 4.35. The third kappa shape index (κ3) is 5.32. The number of amides is 1. The number of benzene rings is 2. The molecular weight excluding hydrogens is 498 g/mol. The number of hydrogen-bond donors (Lipinski definition) is 0. The molecule has 2 fully saturated rings. The van der Waals surface area contributed by atoms with Gasteiger partial charge in [0.1, 0.15) is 0 Å². The maximum Gasteiger partial charge on any atom is 0.416 e. The van der Waals surface area contributed by atoms with Crippen molar-refractivity contribution in [3.8, 4) is 0 Å². The zero-order valence-electron chi connectivity index (χ0n) is 18.5. The van der Waals surface area contributed by atoms with Crippen molar-refractivity contribution < 1.29 is 39.6 Å². The lowest BCUT2D eigenvalue weighted by atomic mass is 10.1. The highest BCUT2D eigenvalue weighted by molar-refractivity contribution is 7.89. The lowest BCUT2D eigenvalue weighted by Crippen LogP contribution is -2.51. The number of alkyl halides is 6. The Kier molecular flexibility index (Phi) is 6.41. The van der Waals surface area contributed by atoms with E-state index in [0.29, 0.717) is 18.1 Å². The molecule has 0 spiro atoms. The predicted octanol–water partition coefficient (Wildman–Crippen LogP) is 4.67. The van der Waals surface area contributed by atoms with Gasteiger partial charge in [-0.25, -0.2) is 8.42 Å². The largest absolute Gasteiger partial charge is 0.416 e. The molecule has 2 unspecified atom stereocenters. The van der Waals surface area contributed by atoms with E-state index >= 15 is 0 Å². The maximum atomic E-state index is 13.1. The normalized spacial score (nSPS) is 21.7. The second kappa shape index (κ2) is 8.81. The van der Waals surface area contributed by atoms with E-state index in [4.69, 9.17) is 0 Å². The number of nitrogens with zero attached hydrogens (tertiary/aromatic N) is 2. The second-order valence-corrected chi connectivity index (χ2v) is 10.8. The van der Waals surface area contributed by atoms with E-state index in [2.05, 4.69) is 0 Å². The average molecular weight is 520 g/mol. The summed E-state index contributed by atoms with van der Waals surface area (Å²) in [5.74, 6) is -0.789. The van der Waals surface area contributed by atoms with Crippen LogP contribution in [0.1, 0.15) is 34.6 Å². The number of halogens is 6. The van der Waals surface area contributed by atoms with Gasteiger partial charge in [0.2, 0.25) is 15.9 Å². The van der Waals surface area contributed by atoms with Crippen LogP contribution in [0.15, 0.2) is 47.4 Å². The predicted molar refractivity (Wildman–Crippen MR) is 114 cm³/mol. The van der Waals surface area contributed by atoms with Crippen molar-refractivity contribution in [2.24, 2.45) is 5.92 Å². The third-order valence-electron chi connectivity index (χ3n) is 6.34. The van der Waals surface area contributed by atoms with Crippen LogP contribution in [-0.2, 0) is 27.2 Å². The summed E-state index contributed by atoms with van der Waals surface area (Å²) >= 11 is 0. The van der Waals surface area contributed by atoms with Gasteiger partial charge in [-0.2, -0.15) is 30.6 Å². The molecule has 1 aliphatic carbocycles. The van der Waals surface area contributed by atoms with Crippen LogP contribution in [0.4, 0.5) is 26.3 Å². The number of carbonyl (C=O) groups excluding carboxylic acids is 1. The van der Waals surface area contributed by atoms with Crippen molar-refractivity contribution in [3.63, 3.8) is 0 Å². The molecule has 0 aromatic heterocycles. The molecule has 2 aliphatic rings. The van der Waals surface area contributed by atoms with Gasteiger partial charge < -0.3 is 4.90 Å². The van der Waals surface area contributed by atoms with Gasteiger partial charge in [0.05, 0.1) is 16.0 Å². The van der Waals surface area contributed by atoms with E-state index in [1.807, 2.05) is 0 Å². The van der Waals surface area contributed by atoms with Crippen LogP contribution in [0.25, 0.3) is 0 Å². The average Bonchev–Trinajstić information content (AvgIpc) is 3.58. The first kappa shape index (κ1) is 25.5. The first-order valence-corrected chi connectivity index (χ1v) is 12.3. The van der Waals surface area contributed by atoms with Crippen LogP contribution in [0, 0.1) is 12.8 Å². The first-order chi connectivity index (χ1) is 16.2. The molecule has 4 rings (SSSR count). The zero-order valence-corrected chi connectivity index (χ0v) is 19.3. The van der Waals surface area contributed by atoms with Crippen molar-refractivity contribution in [1.29, 1.82) is 0 Å². The van der Waals surface area contributed by atoms with Gasteiger partial charge in [0.15, 0.2) is 0 Å². The fraction of sp³-hybridized carbons (Fsp3) is 0.435. The summed E-state index contributed by atoms with van der Waals surface area (Å²) in [4.78, 5) is 13.9. The molecule has 190 valence electrons. The van der Waals surface area contributed by atoms with Gasteiger partial charge >= 0.3 is 12.4 Å². The van der Waals surface area contributed by atoms with Crippen molar-refractivity contribution >= 4 is 15.9 Å². The molecule has 2 aromatic carbocycles. The van der Waals surface area contributed by atoms with Gasteiger partial charge in [0, 0.05) is 32.1 Å². The Morgan fingerprint density at radius 2 is 1.43 bits per heavy atom. The summed E-state index contributed by atoms with van der Waals surface area (Å²) in [6.07, 6.45) is -8.63. The quantitative estimate of drug-likeness (QED) is 0.551. The lowest BCUT2D eigenvalue weighted by molar-refractivity contribution is -0.138. The van der Waals surface area contributed by atoms with Gasteiger partial charge in [-0.05, 0) is 60.7 Å². The highest BCUT2D eigenvalue weighted by Crippen LogP contribution is 2.49. The molecule has 1 heterocycles. The van der Waals surface area contributed by atoms with Crippen LogP contribution in [0.5, 0.6) is 0 Å². The standard InChI is InChI=1S/C23H22F6N2O3S/c1-14-10-17(23(27,28)29)12-18(11-14)35(33,34)31-8-6-30(7-9-31)21(32)20-13-19(20)15-2-4-16(5-3-15)22(24,25)26/h2-5,10-12,19-20H,6-9,13H2,1H3. The molecule has 0 radical (unpaired) electrons. The third-order valence-corrected chi connectivity index (χ3v) is 8.22. The molecule has 0 bridgehead atoms. The summed E-state index contributed by atoms with van der Waals surface area (Å²) in [6, 6.07) is 7.35. The summed E-state index contributed by atoms with van der Waals surface area (Å²) in [5.41, 5.74) is -1.02. The van der Waals surface area contributed by atoms with Gasteiger partial charge in [0.25, 0.3) is 0 Å². The highest BCUT2D eigenvalue weighted by atomic mass is 32.2. The first-order valence-electron chi connectivity index (χ1n) is 10.8. The van der Waals surface area contributed by atoms with E-state index < -0.39 is 38.4 Å². The summed E-state index contributed by atoms with van der Waals surface area (Å²) in [5, 5.41) is 0. The van der Waals surface area contributed by atoms with Crippen molar-refractivity contribution in [2.45, 2.75) is 36.5 Å². The topological polar surface area (TPSA) is 57.7 Å². The fourth-order valence-corrected chi connectivity index (χ4v) is 5.90. The Balaban J connectivity index is 1.38. The summed E-state index contributed by atoms with van der Waals surface area (Å²) < 4.78 is 105. The molecular formula is C23H22F6N2O3S. The minimum Gasteiger partial charge on any atom is -0.340 e. The molecule has 2 atom stereocenters. The molecule has 12 heteroatoms. The number of rotatable bonds is 4. The van der Waals surface area contributed by atoms with Crippen LogP contribution < -0.4 is 0 Å². The zero-order chi connectivity index (χ0) is 25.8. The van der Waals surface area contributed by atoms with Crippen molar-refractivity contribution in [3.05, 3.63) is 64.7 Å². The molecule has 1 saturated carbocycles. The summed E-state index contributed by atoms with van der Waals surface area (Å²) in [7, 11) is -4.19. The Hall–Kier alpha value is -2.60. The van der Waals surface area contributed by atoms with Crippen LogP contribution >= 0.6 is 0 Å². The lowest BCUT2D eigenvalue weighted by Gasteiger charge is -2.34. The molecule has 1 aliphatic heterocycles. The van der Waals surface area contributed by atoms with E-state index in [1.165, 1.54) is 30.0 Å². The van der Waals surface area contributed by atoms with Crippen LogP contribution in [0.3, 0.4) is 0 Å². The molecule has 0 N–H and O–H groups in total. The van der Waals surface area contributed by atoms with Crippen molar-refractivity contribution in [1.82, 2.24) is 9.21 Å². The molecule has 1 saturated heterocycles.